The summed E-state index contributed by atoms with van der Waals surface area (Å²) in [5, 5.41) is 0.377. The number of carbonyl (C=O) groups excluding carboxylic acids is 1. The summed E-state index contributed by atoms with van der Waals surface area (Å²) in [5.74, 6) is 1.25. The first kappa shape index (κ1) is 14.4. The first-order valence-electron chi connectivity index (χ1n) is 7.43. The monoisotopic (exact) mass is 305 g/mol. The maximum Gasteiger partial charge on any atom is 0.242 e. The highest BCUT2D eigenvalue weighted by atomic mass is 35.5. The van der Waals surface area contributed by atoms with Crippen LogP contribution >= 0.6 is 11.6 Å². The van der Waals surface area contributed by atoms with Crippen LogP contribution in [-0.2, 0) is 11.3 Å². The van der Waals surface area contributed by atoms with E-state index < -0.39 is 0 Å². The highest BCUT2D eigenvalue weighted by Crippen LogP contribution is 2.23. The first-order valence-corrected chi connectivity index (χ1v) is 7.81. The quantitative estimate of drug-likeness (QED) is 0.854. The fourth-order valence-electron chi connectivity index (χ4n) is 3.30. The molecule has 0 spiro atoms. The predicted octanol–water partition coefficient (Wildman–Crippen LogP) is 3.19. The minimum absolute atomic E-state index is 0.124. The molecule has 1 saturated heterocycles. The lowest BCUT2D eigenvalue weighted by molar-refractivity contribution is -0.134. The minimum atomic E-state index is 0.124. The van der Waals surface area contributed by atoms with Gasteiger partial charge in [0.05, 0.1) is 11.0 Å². The van der Waals surface area contributed by atoms with Crippen LogP contribution in [0.4, 0.5) is 0 Å². The third kappa shape index (κ3) is 2.91. The van der Waals surface area contributed by atoms with E-state index in [4.69, 9.17) is 11.6 Å². The third-order valence-electron chi connectivity index (χ3n) is 4.12. The molecule has 2 aromatic rings. The summed E-state index contributed by atoms with van der Waals surface area (Å²) in [7, 11) is 0. The Bertz CT molecular complexity index is 657. The average molecular weight is 306 g/mol. The zero-order valence-corrected chi connectivity index (χ0v) is 13.2. The van der Waals surface area contributed by atoms with E-state index in [9.17, 15) is 4.79 Å². The van der Waals surface area contributed by atoms with Gasteiger partial charge in [0.25, 0.3) is 0 Å². The molecular weight excluding hydrogens is 286 g/mol. The standard InChI is InChI=1S/C16H20ClN3O/c1-11-7-12(2)9-19(8-11)15(21)10-20-14-6-4-3-5-13(14)18-16(20)17/h3-6,11-12H,7-10H2,1-2H3. The lowest BCUT2D eigenvalue weighted by Crippen LogP contribution is -2.44. The summed E-state index contributed by atoms with van der Waals surface area (Å²) < 4.78 is 1.79. The molecule has 5 heteroatoms. The van der Waals surface area contributed by atoms with E-state index in [0.717, 1.165) is 24.1 Å². The van der Waals surface area contributed by atoms with Gasteiger partial charge in [-0.25, -0.2) is 4.98 Å². The Morgan fingerprint density at radius 2 is 1.95 bits per heavy atom. The van der Waals surface area contributed by atoms with E-state index in [0.29, 0.717) is 17.1 Å². The number of halogens is 1. The molecular formula is C16H20ClN3O. The summed E-state index contributed by atoms with van der Waals surface area (Å²) in [6.45, 7) is 6.35. The molecule has 2 unspecified atom stereocenters. The van der Waals surface area contributed by atoms with Crippen LogP contribution in [-0.4, -0.2) is 33.4 Å². The van der Waals surface area contributed by atoms with Crippen molar-refractivity contribution in [2.75, 3.05) is 13.1 Å². The number of hydrogen-bond acceptors (Lipinski definition) is 2. The summed E-state index contributed by atoms with van der Waals surface area (Å²) in [5.41, 5.74) is 1.74. The van der Waals surface area contributed by atoms with Crippen LogP contribution in [0.5, 0.6) is 0 Å². The molecule has 1 aliphatic heterocycles. The van der Waals surface area contributed by atoms with Crippen molar-refractivity contribution >= 4 is 28.5 Å². The number of carbonyl (C=O) groups is 1. The van der Waals surface area contributed by atoms with Gasteiger partial charge >= 0.3 is 0 Å². The number of para-hydroxylation sites is 2. The molecule has 1 aliphatic rings. The van der Waals surface area contributed by atoms with Gasteiger partial charge < -0.3 is 9.47 Å². The molecule has 0 saturated carbocycles. The van der Waals surface area contributed by atoms with Crippen LogP contribution in [0.15, 0.2) is 24.3 Å². The lowest BCUT2D eigenvalue weighted by Gasteiger charge is -2.35. The smallest absolute Gasteiger partial charge is 0.242 e. The van der Waals surface area contributed by atoms with Crippen molar-refractivity contribution in [2.45, 2.75) is 26.8 Å². The number of aromatic nitrogens is 2. The zero-order chi connectivity index (χ0) is 15.0. The van der Waals surface area contributed by atoms with Gasteiger partial charge in [0.2, 0.25) is 11.2 Å². The number of amides is 1. The Morgan fingerprint density at radius 3 is 2.67 bits per heavy atom. The fraction of sp³-hybridized carbons (Fsp3) is 0.500. The number of benzene rings is 1. The molecule has 4 nitrogen and oxygen atoms in total. The summed E-state index contributed by atoms with van der Waals surface area (Å²) in [6.07, 6.45) is 1.19. The predicted molar refractivity (Wildman–Crippen MR) is 84.3 cm³/mol. The van der Waals surface area contributed by atoms with Crippen LogP contribution in [0, 0.1) is 11.8 Å². The highest BCUT2D eigenvalue weighted by Gasteiger charge is 2.26. The molecule has 1 fully saturated rings. The van der Waals surface area contributed by atoms with Crippen LogP contribution < -0.4 is 0 Å². The normalized spacial score (nSPS) is 22.7. The number of likely N-dealkylation sites (tertiary alicyclic amines) is 1. The number of nitrogens with zero attached hydrogens (tertiary/aromatic N) is 3. The summed E-state index contributed by atoms with van der Waals surface area (Å²) in [6, 6.07) is 7.72. The SMILES string of the molecule is CC1CC(C)CN(C(=O)Cn2c(Cl)nc3ccccc32)C1. The van der Waals surface area contributed by atoms with Crippen LogP contribution in [0.2, 0.25) is 5.28 Å². The maximum atomic E-state index is 12.6. The van der Waals surface area contributed by atoms with E-state index in [1.807, 2.05) is 29.2 Å². The van der Waals surface area contributed by atoms with Crippen molar-refractivity contribution < 1.29 is 4.79 Å². The number of fused-ring (bicyclic) bond motifs is 1. The Kier molecular flexibility index (Phi) is 3.89. The second-order valence-electron chi connectivity index (χ2n) is 6.20. The van der Waals surface area contributed by atoms with Crippen molar-refractivity contribution in [3.63, 3.8) is 0 Å². The van der Waals surface area contributed by atoms with Crippen molar-refractivity contribution in [3.8, 4) is 0 Å². The van der Waals surface area contributed by atoms with Gasteiger partial charge in [0, 0.05) is 13.1 Å². The maximum absolute atomic E-state index is 12.6. The Morgan fingerprint density at radius 1 is 1.29 bits per heavy atom. The molecule has 0 bridgehead atoms. The van der Waals surface area contributed by atoms with Crippen molar-refractivity contribution in [2.24, 2.45) is 11.8 Å². The van der Waals surface area contributed by atoms with Crippen LogP contribution in [0.25, 0.3) is 11.0 Å². The summed E-state index contributed by atoms with van der Waals surface area (Å²) >= 11 is 6.19. The van der Waals surface area contributed by atoms with Gasteiger partial charge in [-0.1, -0.05) is 26.0 Å². The summed E-state index contributed by atoms with van der Waals surface area (Å²) in [4.78, 5) is 18.8. The van der Waals surface area contributed by atoms with E-state index in [-0.39, 0.29) is 12.5 Å². The van der Waals surface area contributed by atoms with Gasteiger partial charge in [-0.05, 0) is 42.0 Å². The van der Waals surface area contributed by atoms with Gasteiger partial charge in [-0.3, -0.25) is 4.79 Å². The van der Waals surface area contributed by atoms with E-state index in [1.54, 1.807) is 4.57 Å². The highest BCUT2D eigenvalue weighted by molar-refractivity contribution is 6.29. The molecule has 0 aliphatic carbocycles. The molecule has 112 valence electrons. The second-order valence-corrected chi connectivity index (χ2v) is 6.54. The first-order chi connectivity index (χ1) is 10.0. The van der Waals surface area contributed by atoms with Crippen molar-refractivity contribution in [3.05, 3.63) is 29.5 Å². The average Bonchev–Trinajstić information content (AvgIpc) is 2.74. The molecule has 3 rings (SSSR count). The van der Waals surface area contributed by atoms with Gasteiger partial charge in [0.1, 0.15) is 6.54 Å². The molecule has 1 amide bonds. The molecule has 21 heavy (non-hydrogen) atoms. The van der Waals surface area contributed by atoms with E-state index >= 15 is 0 Å². The third-order valence-corrected chi connectivity index (χ3v) is 4.41. The number of rotatable bonds is 2. The largest absolute Gasteiger partial charge is 0.341 e. The topological polar surface area (TPSA) is 38.1 Å². The second kappa shape index (κ2) is 5.68. The van der Waals surface area contributed by atoms with Crippen LogP contribution in [0.3, 0.4) is 0 Å². The van der Waals surface area contributed by atoms with Gasteiger partial charge in [-0.15, -0.1) is 0 Å². The fourth-order valence-corrected chi connectivity index (χ4v) is 3.54. The molecule has 0 radical (unpaired) electrons. The molecule has 1 aromatic heterocycles. The van der Waals surface area contributed by atoms with E-state index in [2.05, 4.69) is 18.8 Å². The number of piperidine rings is 1. The van der Waals surface area contributed by atoms with Crippen molar-refractivity contribution in [1.29, 1.82) is 0 Å². The molecule has 1 aromatic carbocycles. The Balaban J connectivity index is 1.81. The number of imidazole rings is 1. The molecule has 0 N–H and O–H groups in total. The molecule has 2 heterocycles. The van der Waals surface area contributed by atoms with Crippen molar-refractivity contribution in [1.82, 2.24) is 14.5 Å². The number of hydrogen-bond donors (Lipinski definition) is 0. The zero-order valence-electron chi connectivity index (χ0n) is 12.4. The lowest BCUT2D eigenvalue weighted by atomic mass is 9.92. The Labute approximate surface area is 129 Å². The molecule has 2 atom stereocenters. The van der Waals surface area contributed by atoms with Gasteiger partial charge in [-0.2, -0.15) is 0 Å². The van der Waals surface area contributed by atoms with Crippen LogP contribution in [0.1, 0.15) is 20.3 Å². The van der Waals surface area contributed by atoms with Gasteiger partial charge in [0.15, 0.2) is 0 Å². The van der Waals surface area contributed by atoms with E-state index in [1.165, 1.54) is 6.42 Å². The Hall–Kier alpha value is -1.55. The minimum Gasteiger partial charge on any atom is -0.341 e.